The van der Waals surface area contributed by atoms with Gasteiger partial charge in [0, 0.05) is 13.1 Å². The quantitative estimate of drug-likeness (QED) is 0.728. The van der Waals surface area contributed by atoms with E-state index in [0.717, 1.165) is 39.1 Å². The lowest BCUT2D eigenvalue weighted by Gasteiger charge is -2.39. The zero-order valence-electron chi connectivity index (χ0n) is 10.5. The zero-order valence-corrected chi connectivity index (χ0v) is 10.5. The Balaban J connectivity index is 1.72. The zero-order chi connectivity index (χ0) is 11.8. The Morgan fingerprint density at radius 3 is 3.00 bits per heavy atom. The molecule has 0 aromatic heterocycles. The number of carbonyl (C=O) groups is 1. The molecule has 0 spiro atoms. The van der Waals surface area contributed by atoms with Gasteiger partial charge in [0.15, 0.2) is 0 Å². The molecule has 4 atom stereocenters. The minimum atomic E-state index is 0.189. The molecule has 2 saturated heterocycles. The maximum absolute atomic E-state index is 12.6. The number of hydrogen-bond donors (Lipinski definition) is 1. The van der Waals surface area contributed by atoms with E-state index in [-0.39, 0.29) is 5.92 Å². The summed E-state index contributed by atoms with van der Waals surface area (Å²) in [6.07, 6.45) is 3.78. The number of rotatable bonds is 1. The monoisotopic (exact) mass is 238 g/mol. The lowest BCUT2D eigenvalue weighted by atomic mass is 9.95. The van der Waals surface area contributed by atoms with Gasteiger partial charge in [-0.15, -0.1) is 0 Å². The third-order valence-corrected chi connectivity index (χ3v) is 4.60. The highest BCUT2D eigenvalue weighted by Crippen LogP contribution is 2.31. The molecule has 1 N–H and O–H groups in total. The SMILES string of the molecule is CC1CNCC1C(=O)N1CCOC2CCCC21. The van der Waals surface area contributed by atoms with Gasteiger partial charge in [-0.05, 0) is 31.7 Å². The topological polar surface area (TPSA) is 41.6 Å². The summed E-state index contributed by atoms with van der Waals surface area (Å²) >= 11 is 0. The molecule has 0 aromatic carbocycles. The molecule has 3 rings (SSSR count). The van der Waals surface area contributed by atoms with E-state index >= 15 is 0 Å². The largest absolute Gasteiger partial charge is 0.374 e. The van der Waals surface area contributed by atoms with Crippen molar-refractivity contribution in [3.63, 3.8) is 0 Å². The van der Waals surface area contributed by atoms with Crippen LogP contribution in [0.2, 0.25) is 0 Å². The molecule has 2 aliphatic heterocycles. The number of hydrogen-bond acceptors (Lipinski definition) is 3. The standard InChI is InChI=1S/C13H22N2O2/c1-9-7-14-8-10(9)13(16)15-5-6-17-12-4-2-3-11(12)15/h9-12,14H,2-8H2,1H3. The van der Waals surface area contributed by atoms with E-state index in [2.05, 4.69) is 17.1 Å². The maximum atomic E-state index is 12.6. The van der Waals surface area contributed by atoms with Crippen molar-refractivity contribution in [2.45, 2.75) is 38.3 Å². The Bertz CT molecular complexity index is 308. The minimum absolute atomic E-state index is 0.189. The molecule has 4 unspecified atom stereocenters. The van der Waals surface area contributed by atoms with Crippen molar-refractivity contribution >= 4 is 5.91 Å². The highest BCUT2D eigenvalue weighted by molar-refractivity contribution is 5.80. The predicted octanol–water partition coefficient (Wildman–Crippen LogP) is 0.622. The van der Waals surface area contributed by atoms with Gasteiger partial charge in [0.05, 0.1) is 24.7 Å². The van der Waals surface area contributed by atoms with Gasteiger partial charge < -0.3 is 15.0 Å². The molecule has 1 saturated carbocycles. The summed E-state index contributed by atoms with van der Waals surface area (Å²) in [7, 11) is 0. The third-order valence-electron chi connectivity index (χ3n) is 4.60. The molecule has 1 amide bonds. The molecule has 96 valence electrons. The van der Waals surface area contributed by atoms with Crippen LogP contribution >= 0.6 is 0 Å². The Morgan fingerprint density at radius 1 is 1.35 bits per heavy atom. The van der Waals surface area contributed by atoms with Crippen molar-refractivity contribution in [1.29, 1.82) is 0 Å². The fourth-order valence-electron chi connectivity index (χ4n) is 3.55. The average Bonchev–Trinajstić information content (AvgIpc) is 2.95. The summed E-state index contributed by atoms with van der Waals surface area (Å²) in [6.45, 7) is 5.53. The van der Waals surface area contributed by atoms with Crippen molar-refractivity contribution in [1.82, 2.24) is 10.2 Å². The number of fused-ring (bicyclic) bond motifs is 1. The number of amides is 1. The Morgan fingerprint density at radius 2 is 2.24 bits per heavy atom. The van der Waals surface area contributed by atoms with E-state index < -0.39 is 0 Å². The second-order valence-corrected chi connectivity index (χ2v) is 5.68. The molecule has 3 aliphatic rings. The van der Waals surface area contributed by atoms with Crippen LogP contribution < -0.4 is 5.32 Å². The molecular weight excluding hydrogens is 216 g/mol. The van der Waals surface area contributed by atoms with Gasteiger partial charge in [-0.2, -0.15) is 0 Å². The molecule has 0 radical (unpaired) electrons. The van der Waals surface area contributed by atoms with Gasteiger partial charge in [0.2, 0.25) is 5.91 Å². The van der Waals surface area contributed by atoms with Crippen LogP contribution in [0.25, 0.3) is 0 Å². The van der Waals surface area contributed by atoms with Crippen molar-refractivity contribution in [3.05, 3.63) is 0 Å². The Labute approximate surface area is 103 Å². The van der Waals surface area contributed by atoms with Crippen LogP contribution in [0.1, 0.15) is 26.2 Å². The maximum Gasteiger partial charge on any atom is 0.227 e. The summed E-state index contributed by atoms with van der Waals surface area (Å²) in [6, 6.07) is 0.365. The summed E-state index contributed by atoms with van der Waals surface area (Å²) in [5, 5.41) is 3.32. The molecular formula is C13H22N2O2. The second-order valence-electron chi connectivity index (χ2n) is 5.68. The first-order chi connectivity index (χ1) is 8.27. The first kappa shape index (κ1) is 11.5. The van der Waals surface area contributed by atoms with Crippen LogP contribution in [-0.2, 0) is 9.53 Å². The molecule has 4 nitrogen and oxygen atoms in total. The predicted molar refractivity (Wildman–Crippen MR) is 64.6 cm³/mol. The van der Waals surface area contributed by atoms with Crippen molar-refractivity contribution in [2.75, 3.05) is 26.2 Å². The molecule has 3 fully saturated rings. The van der Waals surface area contributed by atoms with E-state index in [1.54, 1.807) is 0 Å². The second kappa shape index (κ2) is 4.58. The molecule has 0 aromatic rings. The first-order valence-electron chi connectivity index (χ1n) is 6.90. The van der Waals surface area contributed by atoms with Gasteiger partial charge in [-0.25, -0.2) is 0 Å². The molecule has 1 aliphatic carbocycles. The number of ether oxygens (including phenoxy) is 1. The van der Waals surface area contributed by atoms with Gasteiger partial charge in [-0.3, -0.25) is 4.79 Å². The van der Waals surface area contributed by atoms with E-state index in [1.165, 1.54) is 6.42 Å². The lowest BCUT2D eigenvalue weighted by Crippen LogP contribution is -2.53. The Kier molecular flexibility index (Phi) is 3.09. The smallest absolute Gasteiger partial charge is 0.227 e. The highest BCUT2D eigenvalue weighted by Gasteiger charge is 2.42. The number of nitrogens with one attached hydrogen (secondary N) is 1. The molecule has 2 heterocycles. The fraction of sp³-hybridized carbons (Fsp3) is 0.923. The van der Waals surface area contributed by atoms with E-state index in [9.17, 15) is 4.79 Å². The van der Waals surface area contributed by atoms with Crippen LogP contribution in [0.4, 0.5) is 0 Å². The van der Waals surface area contributed by atoms with Crippen LogP contribution in [0, 0.1) is 11.8 Å². The average molecular weight is 238 g/mol. The van der Waals surface area contributed by atoms with Crippen LogP contribution in [0.3, 0.4) is 0 Å². The van der Waals surface area contributed by atoms with Gasteiger partial charge in [0.25, 0.3) is 0 Å². The van der Waals surface area contributed by atoms with Crippen molar-refractivity contribution in [2.24, 2.45) is 11.8 Å². The van der Waals surface area contributed by atoms with Crippen LogP contribution in [0.5, 0.6) is 0 Å². The van der Waals surface area contributed by atoms with E-state index in [4.69, 9.17) is 4.74 Å². The van der Waals surface area contributed by atoms with Crippen LogP contribution in [-0.4, -0.2) is 49.2 Å². The molecule has 17 heavy (non-hydrogen) atoms. The van der Waals surface area contributed by atoms with Crippen molar-refractivity contribution in [3.8, 4) is 0 Å². The summed E-state index contributed by atoms with van der Waals surface area (Å²) in [5.74, 6) is 1.03. The third kappa shape index (κ3) is 1.97. The van der Waals surface area contributed by atoms with Gasteiger partial charge in [0.1, 0.15) is 0 Å². The molecule has 4 heteroatoms. The van der Waals surface area contributed by atoms with E-state index in [1.807, 2.05) is 0 Å². The highest BCUT2D eigenvalue weighted by atomic mass is 16.5. The minimum Gasteiger partial charge on any atom is -0.374 e. The summed E-state index contributed by atoms with van der Waals surface area (Å²) in [5.41, 5.74) is 0. The van der Waals surface area contributed by atoms with Gasteiger partial charge in [-0.1, -0.05) is 6.92 Å². The molecule has 0 bridgehead atoms. The number of morpholine rings is 1. The lowest BCUT2D eigenvalue weighted by molar-refractivity contribution is -0.148. The normalized spacial score (nSPS) is 41.6. The van der Waals surface area contributed by atoms with Gasteiger partial charge >= 0.3 is 0 Å². The number of carbonyl (C=O) groups excluding carboxylic acids is 1. The van der Waals surface area contributed by atoms with E-state index in [0.29, 0.717) is 24.0 Å². The Hall–Kier alpha value is -0.610. The van der Waals surface area contributed by atoms with Crippen LogP contribution in [0.15, 0.2) is 0 Å². The number of nitrogens with zero attached hydrogens (tertiary/aromatic N) is 1. The van der Waals surface area contributed by atoms with Crippen molar-refractivity contribution < 1.29 is 9.53 Å². The summed E-state index contributed by atoms with van der Waals surface area (Å²) < 4.78 is 5.76. The summed E-state index contributed by atoms with van der Waals surface area (Å²) in [4.78, 5) is 14.7. The fourth-order valence-corrected chi connectivity index (χ4v) is 3.55. The first-order valence-corrected chi connectivity index (χ1v) is 6.90.